The Morgan fingerprint density at radius 1 is 1.47 bits per heavy atom. The largest absolute Gasteiger partial charge is 0.370 e. The first kappa shape index (κ1) is 14.1. The summed E-state index contributed by atoms with van der Waals surface area (Å²) in [7, 11) is 0. The SMILES string of the molecule is CCNc1cc(C(=O)N2CC(C)C(C)C2)c(Cl)cn1. The van der Waals surface area contributed by atoms with Gasteiger partial charge in [0.2, 0.25) is 0 Å². The van der Waals surface area contributed by atoms with Crippen LogP contribution in [0.5, 0.6) is 0 Å². The van der Waals surface area contributed by atoms with E-state index in [-0.39, 0.29) is 5.91 Å². The lowest BCUT2D eigenvalue weighted by Gasteiger charge is -2.17. The van der Waals surface area contributed by atoms with Gasteiger partial charge in [0, 0.05) is 25.8 Å². The summed E-state index contributed by atoms with van der Waals surface area (Å²) >= 11 is 6.10. The molecule has 0 aromatic carbocycles. The zero-order valence-electron chi connectivity index (χ0n) is 11.6. The summed E-state index contributed by atoms with van der Waals surface area (Å²) in [5, 5.41) is 3.51. The average Bonchev–Trinajstić information content (AvgIpc) is 2.71. The van der Waals surface area contributed by atoms with Gasteiger partial charge in [-0.05, 0) is 24.8 Å². The molecule has 2 atom stereocenters. The Kier molecular flexibility index (Phi) is 4.30. The van der Waals surface area contributed by atoms with E-state index in [1.807, 2.05) is 11.8 Å². The number of hydrogen-bond acceptors (Lipinski definition) is 3. The number of amides is 1. The first-order valence-electron chi connectivity index (χ1n) is 6.71. The van der Waals surface area contributed by atoms with Crippen LogP contribution >= 0.6 is 11.6 Å². The van der Waals surface area contributed by atoms with E-state index in [1.165, 1.54) is 6.20 Å². The number of hydrogen-bond donors (Lipinski definition) is 1. The van der Waals surface area contributed by atoms with Crippen LogP contribution in [0.4, 0.5) is 5.82 Å². The molecule has 1 aromatic heterocycles. The van der Waals surface area contributed by atoms with Crippen molar-refractivity contribution in [2.24, 2.45) is 11.8 Å². The van der Waals surface area contributed by atoms with Crippen LogP contribution in [-0.4, -0.2) is 35.4 Å². The molecule has 1 fully saturated rings. The zero-order chi connectivity index (χ0) is 14.0. The first-order chi connectivity index (χ1) is 9.02. The normalized spacial score (nSPS) is 22.6. The Bertz CT molecular complexity index is 468. The van der Waals surface area contributed by atoms with E-state index in [4.69, 9.17) is 11.6 Å². The molecule has 0 radical (unpaired) electrons. The highest BCUT2D eigenvalue weighted by atomic mass is 35.5. The van der Waals surface area contributed by atoms with Gasteiger partial charge in [0.05, 0.1) is 10.6 Å². The van der Waals surface area contributed by atoms with Gasteiger partial charge in [-0.3, -0.25) is 4.79 Å². The Labute approximate surface area is 119 Å². The fourth-order valence-corrected chi connectivity index (χ4v) is 2.53. The number of halogens is 1. The molecule has 2 rings (SSSR count). The van der Waals surface area contributed by atoms with E-state index >= 15 is 0 Å². The minimum absolute atomic E-state index is 0.00255. The molecule has 104 valence electrons. The fraction of sp³-hybridized carbons (Fsp3) is 0.571. The smallest absolute Gasteiger partial charge is 0.255 e. The third-order valence-corrected chi connectivity index (χ3v) is 4.02. The molecule has 0 spiro atoms. The summed E-state index contributed by atoms with van der Waals surface area (Å²) in [5.74, 6) is 1.77. The lowest BCUT2D eigenvalue weighted by molar-refractivity contribution is 0.0785. The summed E-state index contributed by atoms with van der Waals surface area (Å²) in [5.41, 5.74) is 0.536. The number of likely N-dealkylation sites (tertiary alicyclic amines) is 1. The quantitative estimate of drug-likeness (QED) is 0.927. The van der Waals surface area contributed by atoms with Crippen LogP contribution in [0.15, 0.2) is 12.3 Å². The Morgan fingerprint density at radius 3 is 2.68 bits per heavy atom. The number of nitrogens with zero attached hydrogens (tertiary/aromatic N) is 2. The number of carbonyl (C=O) groups excluding carboxylic acids is 1. The number of pyridine rings is 1. The molecule has 4 nitrogen and oxygen atoms in total. The maximum atomic E-state index is 12.5. The zero-order valence-corrected chi connectivity index (χ0v) is 12.4. The molecule has 1 aliphatic heterocycles. The third-order valence-electron chi connectivity index (χ3n) is 3.72. The summed E-state index contributed by atoms with van der Waals surface area (Å²) in [6.07, 6.45) is 1.54. The highest BCUT2D eigenvalue weighted by Gasteiger charge is 2.30. The molecule has 1 aromatic rings. The molecule has 2 heterocycles. The van der Waals surface area contributed by atoms with E-state index in [0.29, 0.717) is 28.2 Å². The fourth-order valence-electron chi connectivity index (χ4n) is 2.35. The van der Waals surface area contributed by atoms with Crippen LogP contribution in [0.25, 0.3) is 0 Å². The van der Waals surface area contributed by atoms with Gasteiger partial charge in [-0.1, -0.05) is 25.4 Å². The van der Waals surface area contributed by atoms with Gasteiger partial charge < -0.3 is 10.2 Å². The van der Waals surface area contributed by atoms with E-state index in [9.17, 15) is 4.79 Å². The molecule has 5 heteroatoms. The predicted molar refractivity (Wildman–Crippen MR) is 77.6 cm³/mol. The topological polar surface area (TPSA) is 45.2 Å². The number of rotatable bonds is 3. The molecule has 2 unspecified atom stereocenters. The second-order valence-corrected chi connectivity index (χ2v) is 5.65. The Hall–Kier alpha value is -1.29. The monoisotopic (exact) mass is 281 g/mol. The van der Waals surface area contributed by atoms with E-state index in [1.54, 1.807) is 6.07 Å². The highest BCUT2D eigenvalue weighted by molar-refractivity contribution is 6.33. The Morgan fingerprint density at radius 2 is 2.11 bits per heavy atom. The van der Waals surface area contributed by atoms with Crippen molar-refractivity contribution >= 4 is 23.3 Å². The van der Waals surface area contributed by atoms with E-state index in [0.717, 1.165) is 19.6 Å². The molecule has 1 amide bonds. The van der Waals surface area contributed by atoms with Gasteiger partial charge >= 0.3 is 0 Å². The number of aromatic nitrogens is 1. The van der Waals surface area contributed by atoms with E-state index in [2.05, 4.69) is 24.1 Å². The van der Waals surface area contributed by atoms with Gasteiger partial charge in [-0.2, -0.15) is 0 Å². The summed E-state index contributed by atoms with van der Waals surface area (Å²) < 4.78 is 0. The highest BCUT2D eigenvalue weighted by Crippen LogP contribution is 2.26. The second kappa shape index (κ2) is 5.78. The standard InChI is InChI=1S/C14H20ClN3O/c1-4-16-13-5-11(12(15)6-17-13)14(19)18-7-9(2)10(3)8-18/h5-6,9-10H,4,7-8H2,1-3H3,(H,16,17). The molecule has 1 N–H and O–H groups in total. The molecular weight excluding hydrogens is 262 g/mol. The summed E-state index contributed by atoms with van der Waals surface area (Å²) in [6.45, 7) is 8.71. The van der Waals surface area contributed by atoms with Crippen molar-refractivity contribution in [1.82, 2.24) is 9.88 Å². The molecule has 0 saturated carbocycles. The lowest BCUT2D eigenvalue weighted by Crippen LogP contribution is -2.29. The summed E-state index contributed by atoms with van der Waals surface area (Å²) in [6, 6.07) is 1.74. The number of nitrogens with one attached hydrogen (secondary N) is 1. The first-order valence-corrected chi connectivity index (χ1v) is 7.09. The Balaban J connectivity index is 2.21. The van der Waals surface area contributed by atoms with Crippen molar-refractivity contribution < 1.29 is 4.79 Å². The van der Waals surface area contributed by atoms with Crippen molar-refractivity contribution in [2.75, 3.05) is 25.0 Å². The van der Waals surface area contributed by atoms with Crippen molar-refractivity contribution in [3.05, 3.63) is 22.8 Å². The molecule has 19 heavy (non-hydrogen) atoms. The van der Waals surface area contributed by atoms with Crippen LogP contribution in [0.1, 0.15) is 31.1 Å². The van der Waals surface area contributed by atoms with Gasteiger partial charge in [0.25, 0.3) is 5.91 Å². The number of carbonyl (C=O) groups is 1. The van der Waals surface area contributed by atoms with Crippen LogP contribution < -0.4 is 5.32 Å². The molecular formula is C14H20ClN3O. The average molecular weight is 282 g/mol. The lowest BCUT2D eigenvalue weighted by atomic mass is 10.0. The van der Waals surface area contributed by atoms with Crippen LogP contribution in [-0.2, 0) is 0 Å². The van der Waals surface area contributed by atoms with Crippen molar-refractivity contribution in [3.8, 4) is 0 Å². The van der Waals surface area contributed by atoms with Crippen molar-refractivity contribution in [3.63, 3.8) is 0 Å². The predicted octanol–water partition coefficient (Wildman–Crippen LogP) is 2.89. The van der Waals surface area contributed by atoms with E-state index < -0.39 is 0 Å². The maximum absolute atomic E-state index is 12.5. The van der Waals surface area contributed by atoms with Crippen molar-refractivity contribution in [2.45, 2.75) is 20.8 Å². The maximum Gasteiger partial charge on any atom is 0.255 e. The van der Waals surface area contributed by atoms with Gasteiger partial charge in [-0.25, -0.2) is 4.98 Å². The third kappa shape index (κ3) is 3.00. The van der Waals surface area contributed by atoms with Crippen LogP contribution in [0.2, 0.25) is 5.02 Å². The molecule has 1 saturated heterocycles. The van der Waals surface area contributed by atoms with Gasteiger partial charge in [-0.15, -0.1) is 0 Å². The minimum atomic E-state index is 0.00255. The van der Waals surface area contributed by atoms with Gasteiger partial charge in [0.15, 0.2) is 0 Å². The van der Waals surface area contributed by atoms with Crippen LogP contribution in [0.3, 0.4) is 0 Å². The second-order valence-electron chi connectivity index (χ2n) is 5.24. The number of anilines is 1. The van der Waals surface area contributed by atoms with Crippen molar-refractivity contribution in [1.29, 1.82) is 0 Å². The molecule has 1 aliphatic rings. The molecule has 0 aliphatic carbocycles. The minimum Gasteiger partial charge on any atom is -0.370 e. The van der Waals surface area contributed by atoms with Crippen LogP contribution in [0, 0.1) is 11.8 Å². The van der Waals surface area contributed by atoms with Gasteiger partial charge in [0.1, 0.15) is 5.82 Å². The summed E-state index contributed by atoms with van der Waals surface area (Å²) in [4.78, 5) is 18.5. The molecule has 0 bridgehead atoms.